The highest BCUT2D eigenvalue weighted by molar-refractivity contribution is 5.50. The van der Waals surface area contributed by atoms with Crippen molar-refractivity contribution < 1.29 is 14.2 Å². The zero-order valence-corrected chi connectivity index (χ0v) is 29.3. The molecule has 5 rings (SSSR count). The molecule has 44 heavy (non-hydrogen) atoms. The largest absolute Gasteiger partial charge is 0.468 e. The van der Waals surface area contributed by atoms with E-state index in [1.54, 1.807) is 12.7 Å². The van der Waals surface area contributed by atoms with E-state index in [2.05, 4.69) is 84.9 Å². The predicted octanol–water partition coefficient (Wildman–Crippen LogP) is 11.1. The highest BCUT2D eigenvalue weighted by Crippen LogP contribution is 2.69. The maximum absolute atomic E-state index is 6.63. The van der Waals surface area contributed by atoms with Crippen LogP contribution in [0.2, 0.25) is 0 Å². The second-order valence-corrected chi connectivity index (χ2v) is 16.2. The molecule has 3 heteroatoms. The lowest BCUT2D eigenvalue weighted by Gasteiger charge is -2.61. The van der Waals surface area contributed by atoms with Crippen molar-refractivity contribution in [2.24, 2.45) is 45.8 Å². The van der Waals surface area contributed by atoms with Crippen molar-refractivity contribution in [2.45, 2.75) is 119 Å². The molecule has 3 fully saturated rings. The number of methoxy groups -OCH3 is 1. The van der Waals surface area contributed by atoms with Crippen LogP contribution in [-0.4, -0.2) is 26.6 Å². The van der Waals surface area contributed by atoms with Crippen LogP contribution in [0, 0.1) is 45.8 Å². The predicted molar refractivity (Wildman–Crippen MR) is 185 cm³/mol. The van der Waals surface area contributed by atoms with Gasteiger partial charge in [0.2, 0.25) is 0 Å². The number of unbranched alkanes of at least 4 members (excludes halogenated alkanes) is 1. The van der Waals surface area contributed by atoms with E-state index in [-0.39, 0.29) is 18.3 Å². The average Bonchev–Trinajstić information content (AvgIpc) is 3.35. The summed E-state index contributed by atoms with van der Waals surface area (Å²) in [6, 6.07) is 8.13. The lowest BCUT2D eigenvalue weighted by atomic mass is 9.44. The summed E-state index contributed by atoms with van der Waals surface area (Å²) in [4.78, 5) is 0. The van der Waals surface area contributed by atoms with Crippen LogP contribution in [0.4, 0.5) is 0 Å². The third-order valence-electron chi connectivity index (χ3n) is 13.0. The van der Waals surface area contributed by atoms with Crippen molar-refractivity contribution in [1.82, 2.24) is 0 Å². The van der Waals surface area contributed by atoms with E-state index >= 15 is 0 Å². The van der Waals surface area contributed by atoms with Crippen molar-refractivity contribution in [3.05, 3.63) is 59.2 Å². The summed E-state index contributed by atoms with van der Waals surface area (Å²) in [5, 5.41) is 0. The van der Waals surface area contributed by atoms with Gasteiger partial charge in [0.05, 0.1) is 12.7 Å². The molecule has 0 bridgehead atoms. The average molecular weight is 603 g/mol. The van der Waals surface area contributed by atoms with Gasteiger partial charge in [0.15, 0.2) is 6.79 Å². The lowest BCUT2D eigenvalue weighted by Crippen LogP contribution is -2.55. The number of rotatable bonds is 12. The monoisotopic (exact) mass is 602 g/mol. The van der Waals surface area contributed by atoms with Crippen LogP contribution in [0.3, 0.4) is 0 Å². The summed E-state index contributed by atoms with van der Waals surface area (Å²) in [6.07, 6.45) is 23.3. The Hall–Kier alpha value is -1.84. The summed E-state index contributed by atoms with van der Waals surface area (Å²) in [5.74, 6) is 5.20. The maximum Gasteiger partial charge on any atom is 0.188 e. The topological polar surface area (TPSA) is 27.7 Å². The van der Waals surface area contributed by atoms with Crippen molar-refractivity contribution in [1.29, 1.82) is 0 Å². The van der Waals surface area contributed by atoms with E-state index in [0.29, 0.717) is 17.4 Å². The summed E-state index contributed by atoms with van der Waals surface area (Å²) < 4.78 is 17.1. The first-order valence-electron chi connectivity index (χ1n) is 17.8. The van der Waals surface area contributed by atoms with Crippen LogP contribution in [0.1, 0.15) is 118 Å². The van der Waals surface area contributed by atoms with Crippen LogP contribution >= 0.6 is 0 Å². The van der Waals surface area contributed by atoms with Gasteiger partial charge in [-0.2, -0.15) is 0 Å². The molecule has 1 aromatic rings. The van der Waals surface area contributed by atoms with Crippen LogP contribution in [0.5, 0.6) is 5.75 Å². The van der Waals surface area contributed by atoms with E-state index in [4.69, 9.17) is 14.2 Å². The molecule has 0 amide bonds. The minimum absolute atomic E-state index is 0.0743. The summed E-state index contributed by atoms with van der Waals surface area (Å²) in [7, 11) is 1.64. The molecule has 0 saturated heterocycles. The van der Waals surface area contributed by atoms with Gasteiger partial charge in [-0.05, 0) is 130 Å². The van der Waals surface area contributed by atoms with Gasteiger partial charge in [-0.1, -0.05) is 88.6 Å². The van der Waals surface area contributed by atoms with E-state index in [0.717, 1.165) is 47.3 Å². The molecule has 8 atom stereocenters. The fourth-order valence-corrected chi connectivity index (χ4v) is 10.8. The number of allylic oxidation sites excluding steroid dienone is 3. The Balaban J connectivity index is 1.21. The van der Waals surface area contributed by atoms with Gasteiger partial charge in [0.25, 0.3) is 0 Å². The second kappa shape index (κ2) is 13.9. The van der Waals surface area contributed by atoms with Crippen LogP contribution in [0.15, 0.2) is 53.6 Å². The first-order valence-corrected chi connectivity index (χ1v) is 17.8. The van der Waals surface area contributed by atoms with Crippen molar-refractivity contribution in [3.63, 3.8) is 0 Å². The van der Waals surface area contributed by atoms with Gasteiger partial charge in [0.1, 0.15) is 5.75 Å². The van der Waals surface area contributed by atoms with E-state index < -0.39 is 0 Å². The van der Waals surface area contributed by atoms with E-state index in [9.17, 15) is 0 Å². The Kier molecular flexibility index (Phi) is 10.6. The summed E-state index contributed by atoms with van der Waals surface area (Å²) in [5.41, 5.74) is 5.28. The third-order valence-corrected chi connectivity index (χ3v) is 13.0. The van der Waals surface area contributed by atoms with Gasteiger partial charge in [0, 0.05) is 12.5 Å². The summed E-state index contributed by atoms with van der Waals surface area (Å²) >= 11 is 0. The van der Waals surface area contributed by atoms with E-state index in [1.165, 1.54) is 63.4 Å². The highest BCUT2D eigenvalue weighted by atomic mass is 16.7. The quantitative estimate of drug-likeness (QED) is 0.135. The molecule has 244 valence electrons. The Labute approximate surface area is 269 Å². The van der Waals surface area contributed by atoms with Gasteiger partial charge in [-0.25, -0.2) is 0 Å². The van der Waals surface area contributed by atoms with Crippen molar-refractivity contribution in [3.8, 4) is 5.75 Å². The summed E-state index contributed by atoms with van der Waals surface area (Å²) in [6.45, 7) is 18.3. The normalized spacial score (nSPS) is 34.9. The van der Waals surface area contributed by atoms with E-state index in [1.807, 2.05) is 12.1 Å². The molecule has 0 N–H and O–H groups in total. The molecule has 0 aliphatic heterocycles. The lowest BCUT2D eigenvalue weighted by molar-refractivity contribution is -0.0910. The highest BCUT2D eigenvalue weighted by Gasteiger charge is 2.61. The van der Waals surface area contributed by atoms with Gasteiger partial charge in [-0.3, -0.25) is 0 Å². The Morgan fingerprint density at radius 1 is 0.977 bits per heavy atom. The molecular weight excluding hydrogens is 540 g/mol. The number of benzene rings is 1. The smallest absolute Gasteiger partial charge is 0.188 e. The minimum atomic E-state index is 0.0743. The Morgan fingerprint density at radius 2 is 1.75 bits per heavy atom. The fourth-order valence-electron chi connectivity index (χ4n) is 10.8. The molecule has 4 aliphatic carbocycles. The number of hydrogen-bond acceptors (Lipinski definition) is 3. The molecule has 3 nitrogen and oxygen atoms in total. The van der Waals surface area contributed by atoms with Crippen LogP contribution in [-0.2, 0) is 9.47 Å². The number of fused-ring (bicyclic) bond motifs is 5. The van der Waals surface area contributed by atoms with Gasteiger partial charge >= 0.3 is 0 Å². The Bertz CT molecular complexity index is 1190. The molecular formula is C41H62O3. The minimum Gasteiger partial charge on any atom is -0.468 e. The zero-order chi connectivity index (χ0) is 31.5. The van der Waals surface area contributed by atoms with Crippen LogP contribution in [0.25, 0.3) is 6.08 Å². The third kappa shape index (κ3) is 6.66. The molecule has 0 spiro atoms. The SMILES string of the molecule is COCOc1ccc(/C=C/COC2CCC3(C)C(=CCC4C3CCC3(C)C(C(C)CCCC=C(C)C)CCC43)C2(C)C)cc1. The first kappa shape index (κ1) is 33.5. The van der Waals surface area contributed by atoms with Gasteiger partial charge < -0.3 is 14.2 Å². The maximum atomic E-state index is 6.63. The Morgan fingerprint density at radius 3 is 2.48 bits per heavy atom. The molecule has 3 saturated carbocycles. The van der Waals surface area contributed by atoms with Crippen molar-refractivity contribution >= 4 is 6.08 Å². The standard InChI is InChI=1S/C41H62O3/c1-29(2)12-9-10-13-30(3)34-20-21-35-33-19-22-37-39(4,5)38(24-26-41(37,7)36(33)23-25-40(34,35)6)43-27-11-14-31-15-17-32(18-16-31)44-28-42-8/h11-12,14-18,22,30,33-36,38H,9-10,13,19-21,23-28H2,1-8H3/b14-11+. The van der Waals surface area contributed by atoms with Crippen LogP contribution < -0.4 is 4.74 Å². The molecule has 0 heterocycles. The van der Waals surface area contributed by atoms with Crippen molar-refractivity contribution in [2.75, 3.05) is 20.5 Å². The second-order valence-electron chi connectivity index (χ2n) is 16.2. The molecule has 4 aliphatic rings. The zero-order valence-electron chi connectivity index (χ0n) is 29.3. The molecule has 0 radical (unpaired) electrons. The molecule has 0 aromatic heterocycles. The molecule has 8 unspecified atom stereocenters. The number of ether oxygens (including phenoxy) is 3. The first-order chi connectivity index (χ1) is 21.0. The van der Waals surface area contributed by atoms with Gasteiger partial charge in [-0.15, -0.1) is 0 Å². The fraction of sp³-hybridized carbons (Fsp3) is 0.707. The number of hydrogen-bond donors (Lipinski definition) is 0. The molecule has 1 aromatic carbocycles.